The lowest BCUT2D eigenvalue weighted by Crippen LogP contribution is -2.30. The topological polar surface area (TPSA) is 78.9 Å². The van der Waals surface area contributed by atoms with Crippen LogP contribution in [-0.4, -0.2) is 37.2 Å². The Bertz CT molecular complexity index is 1810. The third kappa shape index (κ3) is 65.7. The molecule has 456 valence electrons. The van der Waals surface area contributed by atoms with Crippen molar-refractivity contribution in [3.05, 3.63) is 158 Å². The van der Waals surface area contributed by atoms with Gasteiger partial charge in [0.25, 0.3) is 0 Å². The minimum absolute atomic E-state index is 0.107. The second kappa shape index (κ2) is 67.5. The number of hydrogen-bond donors (Lipinski definition) is 0. The Hall–Kier alpha value is -4.97. The van der Waals surface area contributed by atoms with Crippen molar-refractivity contribution in [2.24, 2.45) is 0 Å². The van der Waals surface area contributed by atoms with Gasteiger partial charge in [-0.1, -0.05) is 262 Å². The summed E-state index contributed by atoms with van der Waals surface area (Å²) in [6.07, 6.45) is 98.2. The van der Waals surface area contributed by atoms with Crippen LogP contribution < -0.4 is 0 Å². The van der Waals surface area contributed by atoms with E-state index in [1.165, 1.54) is 77.0 Å². The van der Waals surface area contributed by atoms with Gasteiger partial charge in [0.05, 0.1) is 0 Å². The number of rotatable bonds is 58. The maximum atomic E-state index is 12.9. The summed E-state index contributed by atoms with van der Waals surface area (Å²) in [6, 6.07) is 0. The average molecular weight is 1120 g/mol. The van der Waals surface area contributed by atoms with Gasteiger partial charge in [0.1, 0.15) is 13.2 Å². The van der Waals surface area contributed by atoms with Crippen molar-refractivity contribution in [1.29, 1.82) is 0 Å². The van der Waals surface area contributed by atoms with E-state index in [0.29, 0.717) is 25.7 Å². The Morgan fingerprint density at radius 2 is 0.481 bits per heavy atom. The Morgan fingerprint density at radius 1 is 0.259 bits per heavy atom. The molecule has 1 unspecified atom stereocenters. The highest BCUT2D eigenvalue weighted by molar-refractivity contribution is 5.71. The highest BCUT2D eigenvalue weighted by Gasteiger charge is 2.19. The zero-order valence-corrected chi connectivity index (χ0v) is 52.2. The lowest BCUT2D eigenvalue weighted by atomic mass is 10.1. The van der Waals surface area contributed by atoms with Crippen LogP contribution >= 0.6 is 0 Å². The molecule has 0 aromatic heterocycles. The third-order valence-electron chi connectivity index (χ3n) is 13.5. The van der Waals surface area contributed by atoms with Gasteiger partial charge in [-0.25, -0.2) is 0 Å². The van der Waals surface area contributed by atoms with Crippen LogP contribution in [0.25, 0.3) is 0 Å². The molecule has 0 bridgehead atoms. The van der Waals surface area contributed by atoms with Gasteiger partial charge in [0.2, 0.25) is 0 Å². The molecule has 81 heavy (non-hydrogen) atoms. The molecule has 6 nitrogen and oxygen atoms in total. The molecule has 0 saturated heterocycles. The molecule has 6 heteroatoms. The number of ether oxygens (including phenoxy) is 3. The van der Waals surface area contributed by atoms with E-state index in [-0.39, 0.29) is 31.1 Å². The van der Waals surface area contributed by atoms with Gasteiger partial charge >= 0.3 is 17.9 Å². The third-order valence-corrected chi connectivity index (χ3v) is 13.5. The fourth-order valence-corrected chi connectivity index (χ4v) is 8.55. The van der Waals surface area contributed by atoms with Crippen LogP contribution in [0.1, 0.15) is 278 Å². The van der Waals surface area contributed by atoms with E-state index in [4.69, 9.17) is 14.2 Å². The Kier molecular flexibility index (Phi) is 63.4. The van der Waals surface area contributed by atoms with Gasteiger partial charge in [-0.2, -0.15) is 0 Å². The summed E-state index contributed by atoms with van der Waals surface area (Å²) < 4.78 is 16.9. The van der Waals surface area contributed by atoms with Crippen molar-refractivity contribution in [1.82, 2.24) is 0 Å². The van der Waals surface area contributed by atoms with Crippen molar-refractivity contribution in [3.8, 4) is 0 Å². The van der Waals surface area contributed by atoms with Gasteiger partial charge in [-0.05, 0) is 154 Å². The Labute approximate surface area is 499 Å². The normalized spacial score (nSPS) is 13.2. The van der Waals surface area contributed by atoms with Crippen molar-refractivity contribution in [2.75, 3.05) is 13.2 Å². The lowest BCUT2D eigenvalue weighted by molar-refractivity contribution is -0.167. The first-order valence-electron chi connectivity index (χ1n) is 33.0. The SMILES string of the molecule is CC/C=C\C/C=C\C/C=C\C/C=C\C/C=C\C/C=C\C/C=C\C/C=C\C/C=C\C/C=C\CCCCC(=O)OCC(COC(=O)CCCCCCC/C=C\CCCCCCC)OC(=O)CCCCCCC/C=C\C/C=C\CCCCCC. The highest BCUT2D eigenvalue weighted by atomic mass is 16.6. The molecular weight excluding hydrogens is 997 g/mol. The van der Waals surface area contributed by atoms with Crippen molar-refractivity contribution in [3.63, 3.8) is 0 Å². The van der Waals surface area contributed by atoms with E-state index in [2.05, 4.69) is 179 Å². The molecule has 0 heterocycles. The quantitative estimate of drug-likeness (QED) is 0.0261. The minimum atomic E-state index is -0.814. The first-order valence-corrected chi connectivity index (χ1v) is 33.0. The van der Waals surface area contributed by atoms with Gasteiger partial charge in [-0.15, -0.1) is 0 Å². The molecule has 0 saturated carbocycles. The van der Waals surface area contributed by atoms with E-state index < -0.39 is 6.10 Å². The molecule has 0 aliphatic rings. The van der Waals surface area contributed by atoms with Crippen LogP contribution in [0.2, 0.25) is 0 Å². The number of carbonyl (C=O) groups is 3. The number of unbranched alkanes of at least 4 members (excludes halogenated alkanes) is 21. The standard InChI is InChI=1S/C75H120O6/c1-4-7-10-13-16-19-22-25-28-30-31-32-33-34-35-36-37-38-39-40-41-42-43-44-45-46-48-50-53-56-59-62-65-68-74(77)80-71-72(70-79-73(76)67-64-61-58-55-52-49-27-24-21-18-15-12-9-6-3)81-75(78)69-66-63-60-57-54-51-47-29-26-23-20-17-14-11-8-5-2/h7,10,16,19-20,23-25,27-29,31-32,34-35,37-38,40-41,43-44,46-48,53,56,72H,4-6,8-9,11-15,17-18,21-22,26,30,33,36,39,42,45,49-52,54-55,57-71H2,1-3H3/b10-7-,19-16-,23-20-,27-24-,28-25-,32-31-,35-34-,38-37-,41-40-,44-43-,47-29-,48-46-,56-53-. The molecule has 0 aliphatic heterocycles. The fraction of sp³-hybridized carbons (Fsp3) is 0.613. The van der Waals surface area contributed by atoms with Crippen molar-refractivity contribution in [2.45, 2.75) is 284 Å². The summed E-state index contributed by atoms with van der Waals surface area (Å²) in [5.41, 5.74) is 0. The zero-order valence-electron chi connectivity index (χ0n) is 52.2. The largest absolute Gasteiger partial charge is 0.462 e. The number of allylic oxidation sites excluding steroid dienone is 26. The molecular formula is C75H120O6. The van der Waals surface area contributed by atoms with Crippen LogP contribution in [0, 0.1) is 0 Å². The summed E-state index contributed by atoms with van der Waals surface area (Å²) in [7, 11) is 0. The highest BCUT2D eigenvalue weighted by Crippen LogP contribution is 2.14. The van der Waals surface area contributed by atoms with E-state index in [1.54, 1.807) is 0 Å². The van der Waals surface area contributed by atoms with Gasteiger partial charge in [-0.3, -0.25) is 14.4 Å². The van der Waals surface area contributed by atoms with Crippen LogP contribution in [0.4, 0.5) is 0 Å². The predicted molar refractivity (Wildman–Crippen MR) is 352 cm³/mol. The molecule has 1 atom stereocenters. The van der Waals surface area contributed by atoms with Crippen LogP contribution in [0.5, 0.6) is 0 Å². The van der Waals surface area contributed by atoms with Gasteiger partial charge in [0.15, 0.2) is 6.10 Å². The summed E-state index contributed by atoms with van der Waals surface area (Å²) in [4.78, 5) is 38.3. The summed E-state index contributed by atoms with van der Waals surface area (Å²) in [6.45, 7) is 6.44. The second-order valence-electron chi connectivity index (χ2n) is 21.3. The molecule has 0 fully saturated rings. The Balaban J connectivity index is 4.42. The van der Waals surface area contributed by atoms with E-state index >= 15 is 0 Å². The monoisotopic (exact) mass is 1120 g/mol. The number of hydrogen-bond acceptors (Lipinski definition) is 6. The number of carbonyl (C=O) groups excluding carboxylic acids is 3. The van der Waals surface area contributed by atoms with Gasteiger partial charge < -0.3 is 14.2 Å². The maximum absolute atomic E-state index is 12.9. The Morgan fingerprint density at radius 3 is 0.802 bits per heavy atom. The molecule has 0 N–H and O–H groups in total. The molecule has 0 amide bonds. The molecule has 0 spiro atoms. The van der Waals surface area contributed by atoms with Gasteiger partial charge in [0, 0.05) is 19.3 Å². The zero-order chi connectivity index (χ0) is 58.5. The minimum Gasteiger partial charge on any atom is -0.462 e. The van der Waals surface area contributed by atoms with Crippen molar-refractivity contribution < 1.29 is 28.6 Å². The first kappa shape index (κ1) is 76.0. The maximum Gasteiger partial charge on any atom is 0.306 e. The summed E-state index contributed by atoms with van der Waals surface area (Å²) in [5.74, 6) is -0.976. The van der Waals surface area contributed by atoms with Crippen molar-refractivity contribution >= 4 is 17.9 Å². The van der Waals surface area contributed by atoms with Crippen LogP contribution in [0.3, 0.4) is 0 Å². The molecule has 0 rings (SSSR count). The van der Waals surface area contributed by atoms with E-state index in [1.807, 2.05) is 0 Å². The van der Waals surface area contributed by atoms with Crippen LogP contribution in [0.15, 0.2) is 158 Å². The molecule has 0 radical (unpaired) electrons. The average Bonchev–Trinajstić information content (AvgIpc) is 3.47. The molecule has 0 aromatic rings. The molecule has 0 aromatic carbocycles. The predicted octanol–water partition coefficient (Wildman–Crippen LogP) is 22.9. The molecule has 0 aliphatic carbocycles. The van der Waals surface area contributed by atoms with Crippen LogP contribution in [-0.2, 0) is 28.6 Å². The lowest BCUT2D eigenvalue weighted by Gasteiger charge is -2.18. The summed E-state index contributed by atoms with van der Waals surface area (Å²) >= 11 is 0. The first-order chi connectivity index (χ1) is 40.0. The number of esters is 3. The fourth-order valence-electron chi connectivity index (χ4n) is 8.55. The van der Waals surface area contributed by atoms with E-state index in [0.717, 1.165) is 154 Å². The van der Waals surface area contributed by atoms with E-state index in [9.17, 15) is 14.4 Å². The second-order valence-corrected chi connectivity index (χ2v) is 21.3. The smallest absolute Gasteiger partial charge is 0.306 e. The summed E-state index contributed by atoms with van der Waals surface area (Å²) in [5, 5.41) is 0.